The highest BCUT2D eigenvalue weighted by molar-refractivity contribution is 7.89. The van der Waals surface area contributed by atoms with Gasteiger partial charge in [0.1, 0.15) is 0 Å². The van der Waals surface area contributed by atoms with Crippen molar-refractivity contribution in [2.75, 3.05) is 6.54 Å². The molecule has 3 N–H and O–H groups in total. The van der Waals surface area contributed by atoms with Gasteiger partial charge in [0.05, 0.1) is 17.1 Å². The number of fused-ring (bicyclic) bond motifs is 5. The van der Waals surface area contributed by atoms with E-state index in [0.717, 1.165) is 44.9 Å². The Morgan fingerprint density at radius 1 is 0.949 bits per heavy atom. The van der Waals surface area contributed by atoms with Crippen molar-refractivity contribution in [3.8, 4) is 0 Å². The van der Waals surface area contributed by atoms with Crippen LogP contribution in [-0.2, 0) is 10.0 Å². The third kappa shape index (κ3) is 5.15. The Balaban J connectivity index is 1.27. The molecule has 0 saturated heterocycles. The Bertz CT molecular complexity index is 1080. The van der Waals surface area contributed by atoms with Gasteiger partial charge in [-0.05, 0) is 122 Å². The molecule has 4 aliphatic carbocycles. The Morgan fingerprint density at radius 2 is 1.64 bits per heavy atom. The minimum absolute atomic E-state index is 0.201. The first-order valence-electron chi connectivity index (χ1n) is 16.0. The Hall–Kier alpha value is -0.950. The monoisotopic (exact) mass is 559 g/mol. The SMILES string of the molecule is CC[C@H](CCCNS(=O)(=O)c1ccccc1)C1CC[C@H]2[C@H]3C(CCC12C)C1(C)CC[C@@H](O)CC1[C@@H](CC)[C@H]3O. The maximum absolute atomic E-state index is 12.7. The van der Waals surface area contributed by atoms with E-state index in [1.807, 2.05) is 6.07 Å². The van der Waals surface area contributed by atoms with Crippen LogP contribution >= 0.6 is 0 Å². The second-order valence-electron chi connectivity index (χ2n) is 14.1. The zero-order valence-electron chi connectivity index (χ0n) is 24.7. The fraction of sp³-hybridized carbons (Fsp3) is 0.818. The average molecular weight is 560 g/mol. The molecule has 5 rings (SSSR count). The summed E-state index contributed by atoms with van der Waals surface area (Å²) in [6.45, 7) is 10.1. The van der Waals surface area contributed by atoms with E-state index in [0.29, 0.717) is 52.9 Å². The van der Waals surface area contributed by atoms with Crippen LogP contribution < -0.4 is 4.72 Å². The quantitative estimate of drug-likeness (QED) is 0.306. The third-order valence-electron chi connectivity index (χ3n) is 12.7. The maximum atomic E-state index is 12.7. The lowest BCUT2D eigenvalue weighted by molar-refractivity contribution is -0.203. The summed E-state index contributed by atoms with van der Waals surface area (Å²) in [5.74, 6) is 3.49. The van der Waals surface area contributed by atoms with E-state index in [4.69, 9.17) is 0 Å². The van der Waals surface area contributed by atoms with Crippen LogP contribution in [0.3, 0.4) is 0 Å². The number of nitrogens with one attached hydrogen (secondary N) is 1. The normalized spacial score (nSPS) is 42.8. The fourth-order valence-electron chi connectivity index (χ4n) is 10.7. The van der Waals surface area contributed by atoms with Crippen LogP contribution in [0.15, 0.2) is 35.2 Å². The predicted octanol–water partition coefficient (Wildman–Crippen LogP) is 6.40. The minimum Gasteiger partial charge on any atom is -0.393 e. The van der Waals surface area contributed by atoms with E-state index in [2.05, 4.69) is 32.4 Å². The van der Waals surface area contributed by atoms with Gasteiger partial charge in [-0.1, -0.05) is 58.7 Å². The lowest BCUT2D eigenvalue weighted by Crippen LogP contribution is -2.62. The van der Waals surface area contributed by atoms with Gasteiger partial charge in [0.15, 0.2) is 0 Å². The number of benzene rings is 1. The first-order valence-corrected chi connectivity index (χ1v) is 17.5. The lowest BCUT2D eigenvalue weighted by Gasteiger charge is -2.64. The molecular weight excluding hydrogens is 506 g/mol. The average Bonchev–Trinajstić information content (AvgIpc) is 3.27. The molecule has 0 aliphatic heterocycles. The molecule has 0 aromatic heterocycles. The number of aliphatic hydroxyl groups is 2. The van der Waals surface area contributed by atoms with Crippen LogP contribution in [-0.4, -0.2) is 37.4 Å². The molecule has 1 aromatic rings. The van der Waals surface area contributed by atoms with Gasteiger partial charge in [0.2, 0.25) is 10.0 Å². The fourth-order valence-corrected chi connectivity index (χ4v) is 11.8. The van der Waals surface area contributed by atoms with Crippen molar-refractivity contribution in [1.82, 2.24) is 4.72 Å². The van der Waals surface area contributed by atoms with Crippen LogP contribution in [0.5, 0.6) is 0 Å². The Labute approximate surface area is 237 Å². The molecule has 4 aliphatic rings. The number of hydrogen-bond acceptors (Lipinski definition) is 4. The molecule has 220 valence electrons. The van der Waals surface area contributed by atoms with Crippen molar-refractivity contribution >= 4 is 10.0 Å². The summed E-state index contributed by atoms with van der Waals surface area (Å²) < 4.78 is 28.1. The molecule has 4 fully saturated rings. The highest BCUT2D eigenvalue weighted by Gasteiger charge is 2.64. The van der Waals surface area contributed by atoms with E-state index in [1.54, 1.807) is 24.3 Å². The zero-order chi connectivity index (χ0) is 28.0. The summed E-state index contributed by atoms with van der Waals surface area (Å²) in [6, 6.07) is 8.65. The molecule has 5 unspecified atom stereocenters. The summed E-state index contributed by atoms with van der Waals surface area (Å²) in [5.41, 5.74) is 0.491. The second-order valence-corrected chi connectivity index (χ2v) is 15.9. The number of aliphatic hydroxyl groups excluding tert-OH is 2. The van der Waals surface area contributed by atoms with Crippen molar-refractivity contribution in [2.24, 2.45) is 52.3 Å². The molecule has 0 amide bonds. The third-order valence-corrected chi connectivity index (χ3v) is 14.1. The molecule has 4 saturated carbocycles. The first kappa shape index (κ1) is 29.5. The standard InChI is InChI=1S/C33H53NO4S/c1-5-22(11-10-20-34-39(37,38)24-12-8-7-9-13-24)26-14-15-27-30-28(17-19-32(26,27)3)33(4)18-16-23(35)21-29(33)25(6-2)31(30)36/h7-9,12-13,22-23,25-31,34-36H,5-6,10-11,14-21H2,1-4H3/t22-,23-,25-,26?,27+,28?,29?,30+,31-,32?,33?/m1/s1. The maximum Gasteiger partial charge on any atom is 0.240 e. The molecule has 0 bridgehead atoms. The largest absolute Gasteiger partial charge is 0.393 e. The Kier molecular flexibility index (Phi) is 8.62. The van der Waals surface area contributed by atoms with Crippen molar-refractivity contribution < 1.29 is 18.6 Å². The van der Waals surface area contributed by atoms with Gasteiger partial charge in [-0.3, -0.25) is 0 Å². The zero-order valence-corrected chi connectivity index (χ0v) is 25.5. The summed E-state index contributed by atoms with van der Waals surface area (Å²) in [5, 5.41) is 22.5. The molecule has 6 heteroatoms. The molecule has 0 spiro atoms. The molecule has 1 aromatic carbocycles. The van der Waals surface area contributed by atoms with E-state index in [-0.39, 0.29) is 23.0 Å². The van der Waals surface area contributed by atoms with Gasteiger partial charge in [0, 0.05) is 6.54 Å². The van der Waals surface area contributed by atoms with E-state index in [1.165, 1.54) is 25.7 Å². The van der Waals surface area contributed by atoms with Crippen molar-refractivity contribution in [3.05, 3.63) is 30.3 Å². The predicted molar refractivity (Wildman–Crippen MR) is 156 cm³/mol. The van der Waals surface area contributed by atoms with Crippen molar-refractivity contribution in [3.63, 3.8) is 0 Å². The first-order chi connectivity index (χ1) is 18.6. The van der Waals surface area contributed by atoms with E-state index < -0.39 is 10.0 Å². The summed E-state index contributed by atoms with van der Waals surface area (Å²) >= 11 is 0. The van der Waals surface area contributed by atoms with Gasteiger partial charge in [-0.15, -0.1) is 0 Å². The number of sulfonamides is 1. The topological polar surface area (TPSA) is 86.6 Å². The van der Waals surface area contributed by atoms with Crippen LogP contribution in [0.4, 0.5) is 0 Å². The lowest BCUT2D eigenvalue weighted by atomic mass is 9.41. The molecule has 0 radical (unpaired) electrons. The molecular formula is C33H53NO4S. The van der Waals surface area contributed by atoms with E-state index >= 15 is 0 Å². The van der Waals surface area contributed by atoms with E-state index in [9.17, 15) is 18.6 Å². The number of hydrogen-bond donors (Lipinski definition) is 3. The summed E-state index contributed by atoms with van der Waals surface area (Å²) in [4.78, 5) is 0.333. The highest BCUT2D eigenvalue weighted by atomic mass is 32.2. The van der Waals surface area contributed by atoms with Crippen LogP contribution in [0.2, 0.25) is 0 Å². The van der Waals surface area contributed by atoms with Crippen LogP contribution in [0.25, 0.3) is 0 Å². The van der Waals surface area contributed by atoms with Gasteiger partial charge in [-0.25, -0.2) is 13.1 Å². The molecule has 11 atom stereocenters. The summed E-state index contributed by atoms with van der Waals surface area (Å²) in [7, 11) is -3.45. The smallest absolute Gasteiger partial charge is 0.240 e. The molecule has 5 nitrogen and oxygen atoms in total. The van der Waals surface area contributed by atoms with Gasteiger partial charge < -0.3 is 10.2 Å². The molecule has 39 heavy (non-hydrogen) atoms. The van der Waals surface area contributed by atoms with Crippen LogP contribution in [0.1, 0.15) is 98.3 Å². The van der Waals surface area contributed by atoms with Gasteiger partial charge >= 0.3 is 0 Å². The number of rotatable bonds is 9. The highest BCUT2D eigenvalue weighted by Crippen LogP contribution is 2.69. The van der Waals surface area contributed by atoms with Crippen LogP contribution in [0, 0.1) is 52.3 Å². The van der Waals surface area contributed by atoms with Gasteiger partial charge in [0.25, 0.3) is 0 Å². The minimum atomic E-state index is -3.45. The second kappa shape index (κ2) is 11.4. The summed E-state index contributed by atoms with van der Waals surface area (Å²) in [6.07, 6.45) is 11.4. The van der Waals surface area contributed by atoms with Crippen molar-refractivity contribution in [1.29, 1.82) is 0 Å². The Morgan fingerprint density at radius 3 is 2.33 bits per heavy atom. The van der Waals surface area contributed by atoms with Crippen molar-refractivity contribution in [2.45, 2.75) is 115 Å². The van der Waals surface area contributed by atoms with Gasteiger partial charge in [-0.2, -0.15) is 0 Å². The molecule has 0 heterocycles.